The molecule has 4 nitrogen and oxygen atoms in total. The summed E-state index contributed by atoms with van der Waals surface area (Å²) in [5.41, 5.74) is 3.85. The first kappa shape index (κ1) is 18.4. The van der Waals surface area contributed by atoms with E-state index in [0.29, 0.717) is 17.7 Å². The molecule has 0 bridgehead atoms. The molecule has 0 aliphatic rings. The van der Waals surface area contributed by atoms with E-state index < -0.39 is 0 Å². The fourth-order valence-corrected chi connectivity index (χ4v) is 2.78. The van der Waals surface area contributed by atoms with Gasteiger partial charge in [-0.15, -0.1) is 0 Å². The summed E-state index contributed by atoms with van der Waals surface area (Å²) < 4.78 is 0. The van der Waals surface area contributed by atoms with Gasteiger partial charge in [0.05, 0.1) is 0 Å². The quantitative estimate of drug-likeness (QED) is 0.729. The zero-order valence-corrected chi connectivity index (χ0v) is 15.5. The third kappa shape index (κ3) is 4.82. The minimum absolute atomic E-state index is 0.121. The summed E-state index contributed by atoms with van der Waals surface area (Å²) in [5.74, 6) is -0.358. The molecule has 0 saturated carbocycles. The number of carbonyl (C=O) groups excluding carboxylic acids is 2. The molecule has 0 aliphatic heterocycles. The van der Waals surface area contributed by atoms with Crippen molar-refractivity contribution in [3.05, 3.63) is 101 Å². The Labute approximate surface area is 159 Å². The number of rotatable bonds is 5. The Bertz CT molecular complexity index is 934. The van der Waals surface area contributed by atoms with Crippen molar-refractivity contribution < 1.29 is 9.59 Å². The van der Waals surface area contributed by atoms with Crippen LogP contribution in [0.3, 0.4) is 0 Å². The van der Waals surface area contributed by atoms with Crippen LogP contribution in [0.25, 0.3) is 0 Å². The summed E-state index contributed by atoms with van der Waals surface area (Å²) in [4.78, 5) is 26.9. The first-order valence-electron chi connectivity index (χ1n) is 8.80. The lowest BCUT2D eigenvalue weighted by atomic mass is 10.1. The van der Waals surface area contributed by atoms with E-state index in [1.54, 1.807) is 36.2 Å². The van der Waals surface area contributed by atoms with Gasteiger partial charge in [0.15, 0.2) is 0 Å². The highest BCUT2D eigenvalue weighted by atomic mass is 16.2. The Balaban J connectivity index is 1.71. The van der Waals surface area contributed by atoms with E-state index in [2.05, 4.69) is 5.32 Å². The molecule has 0 atom stereocenters. The molecule has 0 aliphatic carbocycles. The van der Waals surface area contributed by atoms with Crippen LogP contribution in [-0.4, -0.2) is 23.8 Å². The number of benzene rings is 3. The van der Waals surface area contributed by atoms with Crippen molar-refractivity contribution in [2.24, 2.45) is 0 Å². The summed E-state index contributed by atoms with van der Waals surface area (Å²) in [6, 6.07) is 24.2. The molecule has 0 radical (unpaired) electrons. The van der Waals surface area contributed by atoms with Crippen molar-refractivity contribution in [1.29, 1.82) is 0 Å². The van der Waals surface area contributed by atoms with Gasteiger partial charge in [-0.2, -0.15) is 0 Å². The second-order valence-electron chi connectivity index (χ2n) is 6.55. The highest BCUT2D eigenvalue weighted by molar-refractivity contribution is 6.06. The largest absolute Gasteiger partial charge is 0.337 e. The second kappa shape index (κ2) is 8.32. The molecule has 136 valence electrons. The Kier molecular flexibility index (Phi) is 5.67. The molecule has 3 aromatic carbocycles. The fraction of sp³-hybridized carbons (Fsp3) is 0.130. The molecule has 3 aromatic rings. The van der Waals surface area contributed by atoms with Crippen LogP contribution in [-0.2, 0) is 6.54 Å². The molecule has 0 heterocycles. The van der Waals surface area contributed by atoms with Crippen molar-refractivity contribution in [1.82, 2.24) is 4.90 Å². The summed E-state index contributed by atoms with van der Waals surface area (Å²) in [6.45, 7) is 2.51. The zero-order chi connectivity index (χ0) is 19.2. The Morgan fingerprint density at radius 2 is 1.52 bits per heavy atom. The topological polar surface area (TPSA) is 49.4 Å². The van der Waals surface area contributed by atoms with Gasteiger partial charge in [-0.25, -0.2) is 0 Å². The van der Waals surface area contributed by atoms with E-state index >= 15 is 0 Å². The number of carbonyl (C=O) groups is 2. The lowest BCUT2D eigenvalue weighted by Crippen LogP contribution is -2.26. The van der Waals surface area contributed by atoms with E-state index in [4.69, 9.17) is 0 Å². The molecule has 0 aromatic heterocycles. The van der Waals surface area contributed by atoms with E-state index in [9.17, 15) is 9.59 Å². The van der Waals surface area contributed by atoms with Crippen LogP contribution >= 0.6 is 0 Å². The molecule has 0 fully saturated rings. The predicted molar refractivity (Wildman–Crippen MR) is 108 cm³/mol. The normalized spacial score (nSPS) is 10.3. The molecule has 4 heteroatoms. The van der Waals surface area contributed by atoms with Gasteiger partial charge in [-0.3, -0.25) is 9.59 Å². The van der Waals surface area contributed by atoms with Crippen LogP contribution in [0, 0.1) is 6.92 Å². The van der Waals surface area contributed by atoms with Gasteiger partial charge in [0.25, 0.3) is 11.8 Å². The molecule has 27 heavy (non-hydrogen) atoms. The number of hydrogen-bond acceptors (Lipinski definition) is 2. The van der Waals surface area contributed by atoms with Gasteiger partial charge >= 0.3 is 0 Å². The molecule has 1 N–H and O–H groups in total. The first-order chi connectivity index (χ1) is 13.0. The average Bonchev–Trinajstić information content (AvgIpc) is 2.70. The lowest BCUT2D eigenvalue weighted by Gasteiger charge is -2.17. The SMILES string of the molecule is Cc1ccc(NC(=O)c2cccc(C(=O)N(C)Cc3ccccc3)c2)cc1. The molecule has 0 unspecified atom stereocenters. The Morgan fingerprint density at radius 3 is 2.22 bits per heavy atom. The van der Waals surface area contributed by atoms with Crippen LogP contribution in [0.15, 0.2) is 78.9 Å². The smallest absolute Gasteiger partial charge is 0.255 e. The second-order valence-corrected chi connectivity index (χ2v) is 6.55. The van der Waals surface area contributed by atoms with Crippen molar-refractivity contribution in [3.63, 3.8) is 0 Å². The monoisotopic (exact) mass is 358 g/mol. The molecule has 0 saturated heterocycles. The number of nitrogens with one attached hydrogen (secondary N) is 1. The van der Waals surface area contributed by atoms with Gasteiger partial charge < -0.3 is 10.2 Å². The number of hydrogen-bond donors (Lipinski definition) is 1. The molecular formula is C23H22N2O2. The first-order valence-corrected chi connectivity index (χ1v) is 8.80. The van der Waals surface area contributed by atoms with Gasteiger partial charge in [0.1, 0.15) is 0 Å². The van der Waals surface area contributed by atoms with Crippen LogP contribution in [0.5, 0.6) is 0 Å². The van der Waals surface area contributed by atoms with Crippen molar-refractivity contribution in [2.75, 3.05) is 12.4 Å². The standard InChI is InChI=1S/C23H22N2O2/c1-17-11-13-21(14-12-17)24-22(26)19-9-6-10-20(15-19)23(27)25(2)16-18-7-4-3-5-8-18/h3-15H,16H2,1-2H3,(H,24,26). The Morgan fingerprint density at radius 1 is 0.852 bits per heavy atom. The number of nitrogens with zero attached hydrogens (tertiary/aromatic N) is 1. The molecule has 3 rings (SSSR count). The van der Waals surface area contributed by atoms with Crippen LogP contribution in [0.4, 0.5) is 5.69 Å². The molecular weight excluding hydrogens is 336 g/mol. The summed E-state index contributed by atoms with van der Waals surface area (Å²) >= 11 is 0. The van der Waals surface area contributed by atoms with Crippen LogP contribution in [0.2, 0.25) is 0 Å². The van der Waals surface area contributed by atoms with E-state index in [1.165, 1.54) is 0 Å². The Hall–Kier alpha value is -3.40. The minimum Gasteiger partial charge on any atom is -0.337 e. The summed E-state index contributed by atoms with van der Waals surface area (Å²) in [6.07, 6.45) is 0. The van der Waals surface area contributed by atoms with E-state index in [1.807, 2.05) is 61.5 Å². The average molecular weight is 358 g/mol. The number of anilines is 1. The van der Waals surface area contributed by atoms with E-state index in [-0.39, 0.29) is 11.8 Å². The summed E-state index contributed by atoms with van der Waals surface area (Å²) in [5, 5.41) is 2.86. The number of aryl methyl sites for hydroxylation is 1. The zero-order valence-electron chi connectivity index (χ0n) is 15.5. The van der Waals surface area contributed by atoms with Crippen LogP contribution < -0.4 is 5.32 Å². The molecule has 0 spiro atoms. The predicted octanol–water partition coefficient (Wildman–Crippen LogP) is 4.52. The van der Waals surface area contributed by atoms with Gasteiger partial charge in [0.2, 0.25) is 0 Å². The maximum absolute atomic E-state index is 12.7. The van der Waals surface area contributed by atoms with E-state index in [0.717, 1.165) is 16.8 Å². The van der Waals surface area contributed by atoms with Crippen molar-refractivity contribution in [2.45, 2.75) is 13.5 Å². The minimum atomic E-state index is -0.237. The number of amides is 2. The molecule has 2 amide bonds. The maximum atomic E-state index is 12.7. The van der Waals surface area contributed by atoms with Gasteiger partial charge in [0, 0.05) is 30.4 Å². The maximum Gasteiger partial charge on any atom is 0.255 e. The third-order valence-corrected chi connectivity index (χ3v) is 4.29. The highest BCUT2D eigenvalue weighted by Crippen LogP contribution is 2.14. The fourth-order valence-electron chi connectivity index (χ4n) is 2.78. The van der Waals surface area contributed by atoms with Crippen molar-refractivity contribution >= 4 is 17.5 Å². The van der Waals surface area contributed by atoms with Crippen molar-refractivity contribution in [3.8, 4) is 0 Å². The summed E-state index contributed by atoms with van der Waals surface area (Å²) in [7, 11) is 1.76. The van der Waals surface area contributed by atoms with Crippen LogP contribution in [0.1, 0.15) is 31.8 Å². The highest BCUT2D eigenvalue weighted by Gasteiger charge is 2.14. The third-order valence-electron chi connectivity index (χ3n) is 4.29. The lowest BCUT2D eigenvalue weighted by molar-refractivity contribution is 0.0785. The van der Waals surface area contributed by atoms with Gasteiger partial charge in [-0.05, 0) is 42.8 Å². The van der Waals surface area contributed by atoms with Gasteiger partial charge in [-0.1, -0.05) is 54.1 Å².